The van der Waals surface area contributed by atoms with E-state index in [1.54, 1.807) is 12.2 Å². The van der Waals surface area contributed by atoms with Crippen LogP contribution in [0.25, 0.3) is 16.7 Å². The van der Waals surface area contributed by atoms with Crippen molar-refractivity contribution in [1.29, 1.82) is 0 Å². The van der Waals surface area contributed by atoms with E-state index in [0.29, 0.717) is 0 Å². The summed E-state index contributed by atoms with van der Waals surface area (Å²) in [5.41, 5.74) is 4.22. The number of allylic oxidation sites excluding steroid dienone is 4. The third-order valence-corrected chi connectivity index (χ3v) is 2.68. The van der Waals surface area contributed by atoms with Gasteiger partial charge in [0.1, 0.15) is 0 Å². The van der Waals surface area contributed by atoms with Crippen molar-refractivity contribution in [2.75, 3.05) is 0 Å². The van der Waals surface area contributed by atoms with Gasteiger partial charge in [-0.1, -0.05) is 61.7 Å². The number of aromatic nitrogens is 1. The fourth-order valence-corrected chi connectivity index (χ4v) is 1.78. The topological polar surface area (TPSA) is 12.9 Å². The average Bonchev–Trinajstić information content (AvgIpc) is 2.46. The zero-order valence-electron chi connectivity index (χ0n) is 10.2. The van der Waals surface area contributed by atoms with Gasteiger partial charge in [0.25, 0.3) is 0 Å². The highest BCUT2D eigenvalue weighted by molar-refractivity contribution is 5.75. The van der Waals surface area contributed by atoms with Crippen LogP contribution in [0.4, 0.5) is 0 Å². The Balaban J connectivity index is 2.45. The van der Waals surface area contributed by atoms with E-state index >= 15 is 0 Å². The monoisotopic (exact) mass is 233 g/mol. The number of hydrogen-bond donors (Lipinski definition) is 0. The molecule has 0 N–H and O–H groups in total. The second-order valence-electron chi connectivity index (χ2n) is 3.86. The minimum atomic E-state index is 0.909. The number of benzene rings is 1. The Hall–Kier alpha value is -2.41. The molecule has 0 saturated carbocycles. The molecule has 1 aromatic heterocycles. The molecule has 2 rings (SSSR count). The summed E-state index contributed by atoms with van der Waals surface area (Å²) in [6.45, 7) is 7.50. The lowest BCUT2D eigenvalue weighted by Gasteiger charge is -2.05. The van der Waals surface area contributed by atoms with Crippen LogP contribution in [0.15, 0.2) is 80.0 Å². The highest BCUT2D eigenvalue weighted by atomic mass is 14.7. The molecule has 0 atom stereocenters. The van der Waals surface area contributed by atoms with Crippen LogP contribution in [0, 0.1) is 0 Å². The molecule has 0 aliphatic heterocycles. The zero-order chi connectivity index (χ0) is 12.8. The maximum atomic E-state index is 4.37. The molecule has 18 heavy (non-hydrogen) atoms. The first-order valence-electron chi connectivity index (χ1n) is 5.82. The van der Waals surface area contributed by atoms with Crippen molar-refractivity contribution in [2.24, 2.45) is 0 Å². The SMILES string of the molecule is C=C/C=C(\C=C)c1cc(-c2ccccc2)ccn1. The minimum absolute atomic E-state index is 0.909. The summed E-state index contributed by atoms with van der Waals surface area (Å²) in [6.07, 6.45) is 7.26. The lowest BCUT2D eigenvalue weighted by atomic mass is 10.0. The fraction of sp³-hybridized carbons (Fsp3) is 0. The van der Waals surface area contributed by atoms with Gasteiger partial charge in [0.15, 0.2) is 0 Å². The van der Waals surface area contributed by atoms with Crippen LogP contribution in [0.1, 0.15) is 5.69 Å². The van der Waals surface area contributed by atoms with E-state index in [9.17, 15) is 0 Å². The van der Waals surface area contributed by atoms with Crippen LogP contribution >= 0.6 is 0 Å². The molecular formula is C17H15N. The first kappa shape index (κ1) is 12.1. The van der Waals surface area contributed by atoms with E-state index in [2.05, 4.69) is 36.3 Å². The van der Waals surface area contributed by atoms with Gasteiger partial charge in [-0.3, -0.25) is 4.98 Å². The third kappa shape index (κ3) is 2.64. The van der Waals surface area contributed by atoms with Crippen LogP contribution in [0.5, 0.6) is 0 Å². The highest BCUT2D eigenvalue weighted by Gasteiger charge is 2.02. The Bertz CT molecular complexity index is 580. The van der Waals surface area contributed by atoms with Gasteiger partial charge < -0.3 is 0 Å². The molecule has 2 aromatic rings. The van der Waals surface area contributed by atoms with Gasteiger partial charge in [-0.25, -0.2) is 0 Å². The number of rotatable bonds is 4. The molecule has 0 radical (unpaired) electrons. The third-order valence-electron chi connectivity index (χ3n) is 2.68. The molecule has 0 saturated heterocycles. The fourth-order valence-electron chi connectivity index (χ4n) is 1.78. The van der Waals surface area contributed by atoms with Crippen molar-refractivity contribution in [3.05, 3.63) is 85.7 Å². The van der Waals surface area contributed by atoms with Crippen LogP contribution < -0.4 is 0 Å². The van der Waals surface area contributed by atoms with Crippen molar-refractivity contribution >= 4 is 5.57 Å². The van der Waals surface area contributed by atoms with Crippen molar-refractivity contribution in [3.8, 4) is 11.1 Å². The zero-order valence-corrected chi connectivity index (χ0v) is 10.2. The van der Waals surface area contributed by atoms with E-state index in [1.165, 1.54) is 5.56 Å². The summed E-state index contributed by atoms with van der Waals surface area (Å²) in [5.74, 6) is 0. The number of hydrogen-bond acceptors (Lipinski definition) is 1. The molecule has 0 spiro atoms. The van der Waals surface area contributed by atoms with Gasteiger partial charge in [-0.05, 0) is 28.8 Å². The maximum Gasteiger partial charge on any atom is 0.0707 e. The van der Waals surface area contributed by atoms with Crippen molar-refractivity contribution in [2.45, 2.75) is 0 Å². The standard InChI is InChI=1S/C17H15N/c1-3-8-14(4-2)17-13-16(11-12-18-17)15-9-6-5-7-10-15/h3-13H,1-2H2/b14-8+. The quantitative estimate of drug-likeness (QED) is 0.708. The Morgan fingerprint density at radius 3 is 2.44 bits per heavy atom. The van der Waals surface area contributed by atoms with E-state index in [0.717, 1.165) is 16.8 Å². The van der Waals surface area contributed by atoms with Crippen LogP contribution in [-0.4, -0.2) is 4.98 Å². The summed E-state index contributed by atoms with van der Waals surface area (Å²) in [5, 5.41) is 0. The van der Waals surface area contributed by atoms with Gasteiger partial charge in [0, 0.05) is 6.20 Å². The van der Waals surface area contributed by atoms with Crippen molar-refractivity contribution < 1.29 is 0 Å². The minimum Gasteiger partial charge on any atom is -0.256 e. The Morgan fingerprint density at radius 1 is 1.00 bits per heavy atom. The summed E-state index contributed by atoms with van der Waals surface area (Å²) in [7, 11) is 0. The summed E-state index contributed by atoms with van der Waals surface area (Å²) >= 11 is 0. The lowest BCUT2D eigenvalue weighted by molar-refractivity contribution is 1.28. The molecule has 0 aliphatic carbocycles. The van der Waals surface area contributed by atoms with E-state index in [-0.39, 0.29) is 0 Å². The van der Waals surface area contributed by atoms with Crippen molar-refractivity contribution in [1.82, 2.24) is 4.98 Å². The van der Waals surface area contributed by atoms with E-state index in [4.69, 9.17) is 0 Å². The first-order chi connectivity index (χ1) is 8.85. The van der Waals surface area contributed by atoms with Gasteiger partial charge in [0.05, 0.1) is 5.69 Å². The Labute approximate surface area is 108 Å². The van der Waals surface area contributed by atoms with Gasteiger partial charge in [-0.15, -0.1) is 0 Å². The molecule has 0 fully saturated rings. The maximum absolute atomic E-state index is 4.37. The molecule has 0 aliphatic rings. The van der Waals surface area contributed by atoms with Crippen LogP contribution in [-0.2, 0) is 0 Å². The number of nitrogens with zero attached hydrogens (tertiary/aromatic N) is 1. The molecule has 0 amide bonds. The molecule has 88 valence electrons. The predicted molar refractivity (Wildman–Crippen MR) is 78.0 cm³/mol. The molecular weight excluding hydrogens is 218 g/mol. The normalized spacial score (nSPS) is 11.0. The smallest absolute Gasteiger partial charge is 0.0707 e. The molecule has 1 heterocycles. The van der Waals surface area contributed by atoms with Gasteiger partial charge >= 0.3 is 0 Å². The van der Waals surface area contributed by atoms with Gasteiger partial charge in [0.2, 0.25) is 0 Å². The predicted octanol–water partition coefficient (Wildman–Crippen LogP) is 4.50. The molecule has 1 nitrogen and oxygen atoms in total. The summed E-state index contributed by atoms with van der Waals surface area (Å²) in [4.78, 5) is 4.37. The van der Waals surface area contributed by atoms with E-state index < -0.39 is 0 Å². The largest absolute Gasteiger partial charge is 0.256 e. The van der Waals surface area contributed by atoms with Gasteiger partial charge in [-0.2, -0.15) is 0 Å². The second kappa shape index (κ2) is 5.78. The molecule has 1 heteroatoms. The van der Waals surface area contributed by atoms with Crippen LogP contribution in [0.3, 0.4) is 0 Å². The molecule has 0 unspecified atom stereocenters. The average molecular weight is 233 g/mol. The summed E-state index contributed by atoms with van der Waals surface area (Å²) in [6, 6.07) is 14.3. The van der Waals surface area contributed by atoms with Crippen molar-refractivity contribution in [3.63, 3.8) is 0 Å². The Morgan fingerprint density at radius 2 is 1.78 bits per heavy atom. The highest BCUT2D eigenvalue weighted by Crippen LogP contribution is 2.22. The number of pyridine rings is 1. The Kier molecular flexibility index (Phi) is 3.87. The van der Waals surface area contributed by atoms with Crippen LogP contribution in [0.2, 0.25) is 0 Å². The second-order valence-corrected chi connectivity index (χ2v) is 3.86. The van der Waals surface area contributed by atoms with E-state index in [1.807, 2.05) is 36.5 Å². The summed E-state index contributed by atoms with van der Waals surface area (Å²) < 4.78 is 0. The first-order valence-corrected chi connectivity index (χ1v) is 5.82. The molecule has 0 bridgehead atoms. The lowest BCUT2D eigenvalue weighted by Crippen LogP contribution is -1.87. The molecule has 1 aromatic carbocycles.